The van der Waals surface area contributed by atoms with Gasteiger partial charge in [-0.2, -0.15) is 0 Å². The zero-order chi connectivity index (χ0) is 40.9. The number of hydrogen-bond donors (Lipinski definition) is 3. The third-order valence-electron chi connectivity index (χ3n) is 9.89. The van der Waals surface area contributed by atoms with Crippen molar-refractivity contribution < 1.29 is 23.9 Å². The van der Waals surface area contributed by atoms with Crippen LogP contribution >= 0.6 is 22.7 Å². The van der Waals surface area contributed by atoms with Gasteiger partial charge in [-0.1, -0.05) is 51.1 Å². The topological polar surface area (TPSA) is 146 Å². The van der Waals surface area contributed by atoms with Gasteiger partial charge in [0.2, 0.25) is 0 Å². The summed E-state index contributed by atoms with van der Waals surface area (Å²) in [6.45, 7) is 13.5. The van der Waals surface area contributed by atoms with Crippen molar-refractivity contribution >= 4 is 61.6 Å². The Kier molecular flexibility index (Phi) is 13.2. The molecule has 5 heterocycles. The summed E-state index contributed by atoms with van der Waals surface area (Å²) < 4.78 is 12.6. The van der Waals surface area contributed by atoms with Crippen LogP contribution < -0.4 is 5.32 Å². The average Bonchev–Trinajstić information content (AvgIpc) is 4.02. The molecule has 57 heavy (non-hydrogen) atoms. The molecule has 3 N–H and O–H groups in total. The number of likely N-dealkylation sites (tertiary alicyclic amines) is 1. The Morgan fingerprint density at radius 2 is 1.70 bits per heavy atom. The minimum Gasteiger partial charge on any atom is -0.453 e. The monoisotopic (exact) mass is 811 g/mol. The number of fused-ring (bicyclic) bond motifs is 2. The van der Waals surface area contributed by atoms with Crippen LogP contribution in [-0.4, -0.2) is 87.1 Å². The molecule has 1 saturated heterocycles. The van der Waals surface area contributed by atoms with Crippen LogP contribution in [0, 0.1) is 5.92 Å². The fourth-order valence-electron chi connectivity index (χ4n) is 6.81. The number of nitrogens with zero attached hydrogens (tertiary/aromatic N) is 4. The molecule has 1 aliphatic rings. The Labute approximate surface area is 342 Å². The van der Waals surface area contributed by atoms with Crippen molar-refractivity contribution in [2.24, 2.45) is 5.92 Å². The summed E-state index contributed by atoms with van der Waals surface area (Å²) in [5.74, 6) is 1.90. The van der Waals surface area contributed by atoms with Gasteiger partial charge >= 0.3 is 12.2 Å². The van der Waals surface area contributed by atoms with Crippen molar-refractivity contribution in [2.75, 3.05) is 27.2 Å². The highest BCUT2D eigenvalue weighted by Crippen LogP contribution is 2.44. The molecule has 2 unspecified atom stereocenters. The lowest BCUT2D eigenvalue weighted by Gasteiger charge is -2.26. The first kappa shape index (κ1) is 41.6. The second-order valence-electron chi connectivity index (χ2n) is 15.7. The number of H-pyrrole nitrogens is 2. The summed E-state index contributed by atoms with van der Waals surface area (Å²) in [6, 6.07) is 15.2. The molecule has 7 rings (SSSR count). The molecular weight excluding hydrogens is 759 g/mol. The number of nitrogens with one attached hydrogen (secondary N) is 3. The van der Waals surface area contributed by atoms with Crippen molar-refractivity contribution in [3.8, 4) is 33.5 Å². The Bertz CT molecular complexity index is 2300. The summed E-state index contributed by atoms with van der Waals surface area (Å²) >= 11 is 3.61. The Hall–Kier alpha value is -5.05. The quantitative estimate of drug-likeness (QED) is 0.110. The number of carbonyl (C=O) groups is 3. The fourth-order valence-corrected chi connectivity index (χ4v) is 9.27. The summed E-state index contributed by atoms with van der Waals surface area (Å²) in [7, 11) is 3.45. The molecule has 4 aromatic heterocycles. The standard InChI is InChI=1S/C36H40N6O2S2.C7H13NO3/c1-6-15-42(35(43)44-36(2,3)4)19-31-37-18-29(38-31)23-11-9-22(10-12-23)25-20-45-33-26(21-46-32(25)33)24-13-14-27-28(17-24)40-34(39-27)30-8-7-16-41(30)5;1-5(2)6(4-9)8-7(10)11-3/h9-14,17-18,20-21,30H,6-8,15-16,19H2,1-5H3,(H,37,38)(H,39,40);4-6H,1-3H3,(H,8,10). The van der Waals surface area contributed by atoms with Crippen LogP contribution in [0.2, 0.25) is 0 Å². The number of aldehydes is 1. The summed E-state index contributed by atoms with van der Waals surface area (Å²) in [5.41, 5.74) is 8.51. The molecule has 2 amide bonds. The maximum Gasteiger partial charge on any atom is 0.410 e. The van der Waals surface area contributed by atoms with Crippen LogP contribution in [0.4, 0.5) is 9.59 Å². The maximum atomic E-state index is 12.7. The predicted molar refractivity (Wildman–Crippen MR) is 230 cm³/mol. The number of methoxy groups -OCH3 is 1. The molecule has 0 aliphatic carbocycles. The molecule has 2 atom stereocenters. The number of imidazole rings is 2. The minimum absolute atomic E-state index is 0.0894. The van der Waals surface area contributed by atoms with E-state index in [0.29, 0.717) is 25.4 Å². The van der Waals surface area contributed by atoms with Gasteiger partial charge in [0.1, 0.15) is 23.5 Å². The highest BCUT2D eigenvalue weighted by molar-refractivity contribution is 7.27. The third-order valence-corrected chi connectivity index (χ3v) is 12.0. The van der Waals surface area contributed by atoms with Gasteiger partial charge in [-0.3, -0.25) is 4.90 Å². The number of thiophene rings is 2. The lowest BCUT2D eigenvalue weighted by atomic mass is 10.0. The van der Waals surface area contributed by atoms with Crippen LogP contribution in [0.1, 0.15) is 78.5 Å². The van der Waals surface area contributed by atoms with Gasteiger partial charge in [0.05, 0.1) is 58.1 Å². The fraction of sp³-hybridized carbons (Fsp3) is 0.419. The number of rotatable bonds is 11. The van der Waals surface area contributed by atoms with E-state index in [0.717, 1.165) is 53.3 Å². The van der Waals surface area contributed by atoms with E-state index < -0.39 is 17.7 Å². The molecule has 14 heteroatoms. The number of amides is 2. The molecule has 1 aliphatic heterocycles. The molecule has 0 saturated carbocycles. The van der Waals surface area contributed by atoms with Gasteiger partial charge in [0.25, 0.3) is 0 Å². The number of carbonyl (C=O) groups excluding carboxylic acids is 3. The Balaban J connectivity index is 0.000000438. The minimum atomic E-state index is -0.573. The normalized spacial score (nSPS) is 15.1. The second kappa shape index (κ2) is 18.0. The summed E-state index contributed by atoms with van der Waals surface area (Å²) in [6.07, 6.45) is 4.86. The van der Waals surface area contributed by atoms with Gasteiger partial charge in [0.15, 0.2) is 0 Å². The number of hydrogen-bond acceptors (Lipinski definition) is 10. The van der Waals surface area contributed by atoms with Crippen molar-refractivity contribution in [1.82, 2.24) is 35.1 Å². The first-order valence-corrected chi connectivity index (χ1v) is 21.2. The number of benzene rings is 2. The first-order chi connectivity index (χ1) is 27.3. The first-order valence-electron chi connectivity index (χ1n) is 19.4. The van der Waals surface area contributed by atoms with Crippen LogP contribution in [0.25, 0.3) is 53.9 Å². The zero-order valence-corrected chi connectivity index (χ0v) is 35.6. The lowest BCUT2D eigenvalue weighted by Crippen LogP contribution is -2.39. The average molecular weight is 812 g/mol. The molecule has 6 aromatic rings. The van der Waals surface area contributed by atoms with Gasteiger partial charge < -0.3 is 34.5 Å². The Morgan fingerprint density at radius 1 is 1.04 bits per heavy atom. The summed E-state index contributed by atoms with van der Waals surface area (Å²) in [5, 5.41) is 6.95. The van der Waals surface area contributed by atoms with Crippen LogP contribution in [-0.2, 0) is 20.8 Å². The van der Waals surface area contributed by atoms with Gasteiger partial charge in [-0.15, -0.1) is 22.7 Å². The largest absolute Gasteiger partial charge is 0.453 e. The molecule has 12 nitrogen and oxygen atoms in total. The molecule has 0 radical (unpaired) electrons. The van der Waals surface area contributed by atoms with Crippen LogP contribution in [0.5, 0.6) is 0 Å². The molecule has 302 valence electrons. The number of alkyl carbamates (subject to hydrolysis) is 1. The Morgan fingerprint density at radius 3 is 2.30 bits per heavy atom. The van der Waals surface area contributed by atoms with Crippen molar-refractivity contribution in [1.29, 1.82) is 0 Å². The van der Waals surface area contributed by atoms with Gasteiger partial charge in [0, 0.05) is 28.4 Å². The number of aromatic nitrogens is 4. The molecule has 0 spiro atoms. The second-order valence-corrected chi connectivity index (χ2v) is 17.5. The van der Waals surface area contributed by atoms with E-state index in [2.05, 4.69) is 97.1 Å². The summed E-state index contributed by atoms with van der Waals surface area (Å²) in [4.78, 5) is 54.3. The highest BCUT2D eigenvalue weighted by Gasteiger charge is 2.26. The van der Waals surface area contributed by atoms with Crippen molar-refractivity contribution in [3.05, 3.63) is 71.1 Å². The third kappa shape index (κ3) is 9.92. The van der Waals surface area contributed by atoms with E-state index in [1.54, 1.807) is 27.6 Å². The number of aromatic amines is 2. The lowest BCUT2D eigenvalue weighted by molar-refractivity contribution is -0.110. The highest BCUT2D eigenvalue weighted by atomic mass is 32.1. The van der Waals surface area contributed by atoms with E-state index in [9.17, 15) is 14.4 Å². The van der Waals surface area contributed by atoms with Crippen LogP contribution in [0.3, 0.4) is 0 Å². The maximum absolute atomic E-state index is 12.7. The zero-order valence-electron chi connectivity index (χ0n) is 34.0. The smallest absolute Gasteiger partial charge is 0.410 e. The van der Waals surface area contributed by atoms with E-state index in [-0.39, 0.29) is 12.0 Å². The van der Waals surface area contributed by atoms with Crippen molar-refractivity contribution in [2.45, 2.75) is 85.0 Å². The van der Waals surface area contributed by atoms with Gasteiger partial charge in [-0.25, -0.2) is 19.6 Å². The SMILES string of the molecule is CCCN(Cc1ncc(-c2ccc(-c3csc4c(-c5ccc6nc(C7CCCN7C)[nH]c6c5)csc34)cc2)[nH]1)C(=O)OC(C)(C)C.COC(=O)NC(C=O)C(C)C. The predicted octanol–water partition coefficient (Wildman–Crippen LogP) is 10.0. The van der Waals surface area contributed by atoms with E-state index in [1.807, 2.05) is 40.8 Å². The van der Waals surface area contributed by atoms with Gasteiger partial charge in [-0.05, 0) is 88.4 Å². The molecular formula is C43H53N7O5S2. The molecule has 0 bridgehead atoms. The van der Waals surface area contributed by atoms with Crippen LogP contribution in [0.15, 0.2) is 59.4 Å². The van der Waals surface area contributed by atoms with E-state index in [1.165, 1.54) is 45.2 Å². The molecule has 2 aromatic carbocycles. The van der Waals surface area contributed by atoms with Crippen molar-refractivity contribution in [3.63, 3.8) is 0 Å². The molecule has 1 fully saturated rings. The number of ether oxygens (including phenoxy) is 2. The van der Waals surface area contributed by atoms with E-state index in [4.69, 9.17) is 9.72 Å². The van der Waals surface area contributed by atoms with E-state index >= 15 is 0 Å².